The van der Waals surface area contributed by atoms with Crippen molar-refractivity contribution < 1.29 is 22.7 Å². The molecule has 4 aromatic rings. The fraction of sp³-hybridized carbons (Fsp3) is 0.212. The summed E-state index contributed by atoms with van der Waals surface area (Å²) in [7, 11) is -4.18. The molecule has 0 unspecified atom stereocenters. The third-order valence-electron chi connectivity index (χ3n) is 6.78. The van der Waals surface area contributed by atoms with Gasteiger partial charge >= 0.3 is 0 Å². The number of ether oxygens (including phenoxy) is 1. The zero-order valence-corrected chi connectivity index (χ0v) is 25.8. The fourth-order valence-corrected chi connectivity index (χ4v) is 5.90. The maximum Gasteiger partial charge on any atom is 0.264 e. The van der Waals surface area contributed by atoms with Crippen LogP contribution in [0.4, 0.5) is 5.69 Å². The van der Waals surface area contributed by atoms with E-state index in [-0.39, 0.29) is 23.0 Å². The Hall–Kier alpha value is -4.34. The number of amides is 2. The number of sulfonamides is 1. The minimum Gasteiger partial charge on any atom is -0.457 e. The fourth-order valence-electron chi connectivity index (χ4n) is 4.36. The second-order valence-corrected chi connectivity index (χ2v) is 12.3. The summed E-state index contributed by atoms with van der Waals surface area (Å²) in [4.78, 5) is 28.2. The van der Waals surface area contributed by atoms with E-state index < -0.39 is 28.5 Å². The second-order valence-electron chi connectivity index (χ2n) is 9.95. The van der Waals surface area contributed by atoms with Crippen LogP contribution >= 0.6 is 11.6 Å². The molecule has 0 aromatic heterocycles. The van der Waals surface area contributed by atoms with E-state index in [4.69, 9.17) is 16.3 Å². The average molecular weight is 620 g/mol. The van der Waals surface area contributed by atoms with E-state index in [1.54, 1.807) is 74.5 Å². The lowest BCUT2D eigenvalue weighted by Crippen LogP contribution is -2.51. The molecule has 0 bridgehead atoms. The molecule has 2 amide bonds. The van der Waals surface area contributed by atoms with Crippen molar-refractivity contribution in [3.63, 3.8) is 0 Å². The quantitative estimate of drug-likeness (QED) is 0.204. The monoisotopic (exact) mass is 619 g/mol. The molecule has 0 aliphatic carbocycles. The summed E-state index contributed by atoms with van der Waals surface area (Å²) in [6.07, 6.45) is 0. The number of hydrogen-bond acceptors (Lipinski definition) is 5. The number of carbonyl (C=O) groups excluding carboxylic acids is 2. The van der Waals surface area contributed by atoms with Gasteiger partial charge in [0, 0.05) is 18.1 Å². The van der Waals surface area contributed by atoms with Crippen LogP contribution in [0.25, 0.3) is 0 Å². The molecule has 0 spiro atoms. The summed E-state index contributed by atoms with van der Waals surface area (Å²) in [5, 5.41) is 3.28. The maximum atomic E-state index is 14.0. The van der Waals surface area contributed by atoms with Crippen LogP contribution in [0.1, 0.15) is 25.0 Å². The van der Waals surface area contributed by atoms with Crippen molar-refractivity contribution in [3.05, 3.63) is 119 Å². The van der Waals surface area contributed by atoms with Crippen molar-refractivity contribution >= 4 is 39.1 Å². The molecule has 1 atom stereocenters. The van der Waals surface area contributed by atoms with Crippen molar-refractivity contribution in [2.75, 3.05) is 17.4 Å². The number of aryl methyl sites for hydroxylation is 1. The first-order chi connectivity index (χ1) is 20.6. The molecule has 0 saturated carbocycles. The number of nitrogens with zero attached hydrogens (tertiary/aromatic N) is 2. The Morgan fingerprint density at radius 2 is 1.47 bits per heavy atom. The van der Waals surface area contributed by atoms with Crippen LogP contribution in [0.15, 0.2) is 108 Å². The molecule has 0 aliphatic rings. The zero-order chi connectivity index (χ0) is 31.0. The number of hydrogen-bond donors (Lipinski definition) is 1. The lowest BCUT2D eigenvalue weighted by molar-refractivity contribution is -0.139. The number of likely N-dealkylation sites (N-methyl/N-ethyl adjacent to an activating group) is 1. The van der Waals surface area contributed by atoms with Crippen molar-refractivity contribution in [1.29, 1.82) is 0 Å². The highest BCUT2D eigenvalue weighted by atomic mass is 35.5. The molecule has 1 N–H and O–H groups in total. The summed E-state index contributed by atoms with van der Waals surface area (Å²) < 4.78 is 35.0. The molecule has 4 rings (SSSR count). The van der Waals surface area contributed by atoms with Crippen molar-refractivity contribution in [3.8, 4) is 11.5 Å². The minimum absolute atomic E-state index is 0.0385. The van der Waals surface area contributed by atoms with Crippen molar-refractivity contribution in [2.45, 2.75) is 38.3 Å². The predicted molar refractivity (Wildman–Crippen MR) is 169 cm³/mol. The predicted octanol–water partition coefficient (Wildman–Crippen LogP) is 6.19. The summed E-state index contributed by atoms with van der Waals surface area (Å²) in [6, 6.07) is 28.2. The maximum absolute atomic E-state index is 14.0. The molecule has 0 fully saturated rings. The summed E-state index contributed by atoms with van der Waals surface area (Å²) >= 11 is 6.05. The molecule has 0 saturated heterocycles. The molecule has 224 valence electrons. The standard InChI is InChI=1S/C33H34ClN3O5S/c1-4-35-33(39)25(3)36(22-26-12-14-27(34)15-13-26)32(38)23-37(43(40,41)31-20-10-24(2)11-21-31)28-16-18-30(19-17-28)42-29-8-6-5-7-9-29/h5-21,25H,4,22-23H2,1-3H3,(H,35,39)/t25-/m1/s1. The van der Waals surface area contributed by atoms with Gasteiger partial charge in [-0.3, -0.25) is 13.9 Å². The smallest absolute Gasteiger partial charge is 0.264 e. The third-order valence-corrected chi connectivity index (χ3v) is 8.82. The first kappa shape index (κ1) is 31.6. The number of anilines is 1. The van der Waals surface area contributed by atoms with Crippen LogP contribution < -0.4 is 14.4 Å². The van der Waals surface area contributed by atoms with Crippen molar-refractivity contribution in [2.24, 2.45) is 0 Å². The van der Waals surface area contributed by atoms with E-state index in [2.05, 4.69) is 5.32 Å². The van der Waals surface area contributed by atoms with Gasteiger partial charge < -0.3 is 15.0 Å². The highest BCUT2D eigenvalue weighted by molar-refractivity contribution is 7.92. The van der Waals surface area contributed by atoms with Crippen LogP contribution in [-0.2, 0) is 26.2 Å². The lowest BCUT2D eigenvalue weighted by atomic mass is 10.1. The average Bonchev–Trinajstić information content (AvgIpc) is 3.00. The Bertz CT molecular complexity index is 1630. The van der Waals surface area contributed by atoms with Crippen LogP contribution in [-0.4, -0.2) is 44.3 Å². The first-order valence-corrected chi connectivity index (χ1v) is 15.6. The van der Waals surface area contributed by atoms with E-state index in [0.717, 1.165) is 15.4 Å². The Morgan fingerprint density at radius 1 is 0.860 bits per heavy atom. The van der Waals surface area contributed by atoms with Gasteiger partial charge in [0.25, 0.3) is 10.0 Å². The highest BCUT2D eigenvalue weighted by Crippen LogP contribution is 2.29. The molecular formula is C33H34ClN3O5S. The highest BCUT2D eigenvalue weighted by Gasteiger charge is 2.32. The zero-order valence-electron chi connectivity index (χ0n) is 24.2. The molecular weight excluding hydrogens is 586 g/mol. The van der Waals surface area contributed by atoms with Gasteiger partial charge in [0.15, 0.2) is 0 Å². The summed E-state index contributed by atoms with van der Waals surface area (Å²) in [6.45, 7) is 5.20. The third kappa shape index (κ3) is 8.15. The van der Waals surface area contributed by atoms with Crippen LogP contribution in [0.2, 0.25) is 5.02 Å². The summed E-state index contributed by atoms with van der Waals surface area (Å²) in [5.41, 5.74) is 1.91. The summed E-state index contributed by atoms with van der Waals surface area (Å²) in [5.74, 6) is 0.240. The Morgan fingerprint density at radius 3 is 2.07 bits per heavy atom. The Balaban J connectivity index is 1.70. The van der Waals surface area contributed by atoms with Crippen LogP contribution in [0.5, 0.6) is 11.5 Å². The van der Waals surface area contributed by atoms with Gasteiger partial charge in [0.1, 0.15) is 24.1 Å². The van der Waals surface area contributed by atoms with E-state index in [1.807, 2.05) is 37.3 Å². The van der Waals surface area contributed by atoms with Gasteiger partial charge in [0.2, 0.25) is 11.8 Å². The molecule has 0 radical (unpaired) electrons. The number of halogens is 1. The van der Waals surface area contributed by atoms with Crippen LogP contribution in [0.3, 0.4) is 0 Å². The lowest BCUT2D eigenvalue weighted by Gasteiger charge is -2.32. The largest absolute Gasteiger partial charge is 0.457 e. The van der Waals surface area contributed by atoms with E-state index in [1.165, 1.54) is 17.0 Å². The number of para-hydroxylation sites is 1. The Labute approximate surface area is 257 Å². The molecule has 0 aliphatic heterocycles. The van der Waals surface area contributed by atoms with Gasteiger partial charge in [-0.15, -0.1) is 0 Å². The second kappa shape index (κ2) is 14.2. The van der Waals surface area contributed by atoms with Crippen LogP contribution in [0, 0.1) is 6.92 Å². The van der Waals surface area contributed by atoms with E-state index in [9.17, 15) is 18.0 Å². The van der Waals surface area contributed by atoms with Gasteiger partial charge in [-0.25, -0.2) is 8.42 Å². The van der Waals surface area contributed by atoms with Crippen molar-refractivity contribution in [1.82, 2.24) is 10.2 Å². The number of nitrogens with one attached hydrogen (secondary N) is 1. The normalized spacial score (nSPS) is 11.8. The van der Waals surface area contributed by atoms with Gasteiger partial charge in [-0.2, -0.15) is 0 Å². The molecule has 0 heterocycles. The number of carbonyl (C=O) groups is 2. The number of rotatable bonds is 12. The molecule has 43 heavy (non-hydrogen) atoms. The van der Waals surface area contributed by atoms with Gasteiger partial charge in [-0.1, -0.05) is 59.6 Å². The Kier molecular flexibility index (Phi) is 10.4. The number of benzene rings is 4. The SMILES string of the molecule is CCNC(=O)[C@@H](C)N(Cc1ccc(Cl)cc1)C(=O)CN(c1ccc(Oc2ccccc2)cc1)S(=O)(=O)c1ccc(C)cc1. The van der Waals surface area contributed by atoms with Gasteiger partial charge in [0.05, 0.1) is 10.6 Å². The topological polar surface area (TPSA) is 96.0 Å². The minimum atomic E-state index is -4.18. The van der Waals surface area contributed by atoms with E-state index >= 15 is 0 Å². The first-order valence-electron chi connectivity index (χ1n) is 13.8. The van der Waals surface area contributed by atoms with E-state index in [0.29, 0.717) is 23.1 Å². The van der Waals surface area contributed by atoms with Gasteiger partial charge in [-0.05, 0) is 87.0 Å². The molecule has 4 aromatic carbocycles. The molecule has 10 heteroatoms. The molecule has 8 nitrogen and oxygen atoms in total.